The van der Waals surface area contributed by atoms with Gasteiger partial charge in [-0.15, -0.1) is 0 Å². The Hall–Kier alpha value is -0.570. The average Bonchev–Trinajstić information content (AvgIpc) is 2.39. The molecule has 0 spiro atoms. The summed E-state index contributed by atoms with van der Waals surface area (Å²) in [5.41, 5.74) is 0.0968. The summed E-state index contributed by atoms with van der Waals surface area (Å²) in [5, 5.41) is 1.10. The Morgan fingerprint density at radius 1 is 1.21 bits per heavy atom. The molecule has 0 aliphatic heterocycles. The van der Waals surface area contributed by atoms with Gasteiger partial charge in [-0.1, -0.05) is 43.1 Å². The molecule has 1 rings (SSSR count). The van der Waals surface area contributed by atoms with E-state index in [0.29, 0.717) is 29.5 Å². The second kappa shape index (κ2) is 7.28. The lowest BCUT2D eigenvalue weighted by Crippen LogP contribution is -2.41. The molecule has 0 fully saturated rings. The molecule has 0 unspecified atom stereocenters. The van der Waals surface area contributed by atoms with Gasteiger partial charge in [-0.25, -0.2) is 0 Å². The Balaban J connectivity index is 2.93. The molecule has 0 heterocycles. The molecule has 0 atom stereocenters. The molecule has 4 heteroatoms. The Bertz CT molecular complexity index is 440. The van der Waals surface area contributed by atoms with Crippen molar-refractivity contribution in [2.24, 2.45) is 0 Å². The van der Waals surface area contributed by atoms with E-state index in [-0.39, 0.29) is 12.2 Å². The van der Waals surface area contributed by atoms with Crippen LogP contribution in [0, 0.1) is 0 Å². The van der Waals surface area contributed by atoms with Gasteiger partial charge >= 0.3 is 0 Å². The smallest absolute Gasteiger partial charge is 0.169 e. The second-order valence-corrected chi connectivity index (χ2v) is 5.31. The van der Waals surface area contributed by atoms with Crippen molar-refractivity contribution in [2.75, 3.05) is 6.61 Å². The molecule has 0 aromatic heterocycles. The van der Waals surface area contributed by atoms with E-state index >= 15 is 0 Å². The molecule has 0 aliphatic rings. The standard InChI is InChI=1S/C15H20Cl2O2/c1-4-15(5-2,19-6-3)14(18)9-11-7-8-12(16)10-13(11)17/h7-8,10H,4-6,9H2,1-3H3. The summed E-state index contributed by atoms with van der Waals surface area (Å²) < 4.78 is 5.71. The van der Waals surface area contributed by atoms with E-state index < -0.39 is 5.60 Å². The number of ketones is 1. The van der Waals surface area contributed by atoms with Crippen LogP contribution < -0.4 is 0 Å². The molecule has 106 valence electrons. The van der Waals surface area contributed by atoms with Crippen LogP contribution in [0.25, 0.3) is 0 Å². The predicted molar refractivity (Wildman–Crippen MR) is 80.1 cm³/mol. The van der Waals surface area contributed by atoms with Gasteiger partial charge in [0, 0.05) is 23.1 Å². The van der Waals surface area contributed by atoms with Gasteiger partial charge in [0.15, 0.2) is 5.78 Å². The number of carbonyl (C=O) groups is 1. The summed E-state index contributed by atoms with van der Waals surface area (Å²) in [7, 11) is 0. The van der Waals surface area contributed by atoms with Crippen LogP contribution in [0.2, 0.25) is 10.0 Å². The van der Waals surface area contributed by atoms with Crippen molar-refractivity contribution in [3.63, 3.8) is 0 Å². The van der Waals surface area contributed by atoms with Crippen LogP contribution in [0.5, 0.6) is 0 Å². The highest BCUT2D eigenvalue weighted by Crippen LogP contribution is 2.27. The Kier molecular flexibility index (Phi) is 6.31. The molecule has 0 N–H and O–H groups in total. The minimum atomic E-state index is -0.697. The summed E-state index contributed by atoms with van der Waals surface area (Å²) in [4.78, 5) is 12.5. The van der Waals surface area contributed by atoms with Crippen LogP contribution in [-0.4, -0.2) is 18.0 Å². The number of hydrogen-bond donors (Lipinski definition) is 0. The fourth-order valence-corrected chi connectivity index (χ4v) is 2.68. The first-order valence-electron chi connectivity index (χ1n) is 6.60. The molecule has 1 aromatic carbocycles. The van der Waals surface area contributed by atoms with Gasteiger partial charge in [-0.05, 0) is 37.5 Å². The van der Waals surface area contributed by atoms with Crippen LogP contribution in [0.15, 0.2) is 18.2 Å². The summed E-state index contributed by atoms with van der Waals surface area (Å²) in [5.74, 6) is 0.0728. The summed E-state index contributed by atoms with van der Waals surface area (Å²) in [6, 6.07) is 5.20. The third kappa shape index (κ3) is 3.95. The lowest BCUT2D eigenvalue weighted by Gasteiger charge is -2.30. The SMILES string of the molecule is CCOC(CC)(CC)C(=O)Cc1ccc(Cl)cc1Cl. The first-order valence-corrected chi connectivity index (χ1v) is 7.35. The van der Waals surface area contributed by atoms with Crippen molar-refractivity contribution in [1.82, 2.24) is 0 Å². The number of carbonyl (C=O) groups excluding carboxylic acids is 1. The van der Waals surface area contributed by atoms with E-state index in [1.807, 2.05) is 20.8 Å². The van der Waals surface area contributed by atoms with Gasteiger partial charge in [0.2, 0.25) is 0 Å². The number of benzene rings is 1. The van der Waals surface area contributed by atoms with Crippen molar-refractivity contribution < 1.29 is 9.53 Å². The van der Waals surface area contributed by atoms with Gasteiger partial charge < -0.3 is 4.74 Å². The number of Topliss-reactive ketones (excluding diaryl/α,β-unsaturated/α-hetero) is 1. The Labute approximate surface area is 125 Å². The van der Waals surface area contributed by atoms with Crippen LogP contribution in [0.3, 0.4) is 0 Å². The minimum Gasteiger partial charge on any atom is -0.368 e. The zero-order chi connectivity index (χ0) is 14.5. The molecule has 0 aliphatic carbocycles. The maximum Gasteiger partial charge on any atom is 0.169 e. The van der Waals surface area contributed by atoms with Crippen LogP contribution in [0.4, 0.5) is 0 Å². The number of rotatable bonds is 7. The highest BCUT2D eigenvalue weighted by molar-refractivity contribution is 6.35. The van der Waals surface area contributed by atoms with Gasteiger partial charge in [0.25, 0.3) is 0 Å². The topological polar surface area (TPSA) is 26.3 Å². The second-order valence-electron chi connectivity index (χ2n) is 4.47. The molecule has 0 radical (unpaired) electrons. The van der Waals surface area contributed by atoms with Gasteiger partial charge in [-0.2, -0.15) is 0 Å². The zero-order valence-corrected chi connectivity index (χ0v) is 13.1. The van der Waals surface area contributed by atoms with E-state index in [2.05, 4.69) is 0 Å². The van der Waals surface area contributed by atoms with Crippen LogP contribution in [0.1, 0.15) is 39.2 Å². The lowest BCUT2D eigenvalue weighted by molar-refractivity contribution is -0.144. The molecule has 2 nitrogen and oxygen atoms in total. The van der Waals surface area contributed by atoms with E-state index in [9.17, 15) is 4.79 Å². The first-order chi connectivity index (χ1) is 8.99. The average molecular weight is 303 g/mol. The van der Waals surface area contributed by atoms with Crippen molar-refractivity contribution >= 4 is 29.0 Å². The van der Waals surface area contributed by atoms with Gasteiger partial charge in [0.1, 0.15) is 5.60 Å². The molecule has 0 bridgehead atoms. The van der Waals surface area contributed by atoms with Gasteiger partial charge in [0.05, 0.1) is 0 Å². The van der Waals surface area contributed by atoms with Gasteiger partial charge in [-0.3, -0.25) is 4.79 Å². The van der Waals surface area contributed by atoms with E-state index in [1.54, 1.807) is 18.2 Å². The monoisotopic (exact) mass is 302 g/mol. The van der Waals surface area contributed by atoms with Crippen molar-refractivity contribution in [3.05, 3.63) is 33.8 Å². The molecular weight excluding hydrogens is 283 g/mol. The van der Waals surface area contributed by atoms with Crippen molar-refractivity contribution in [1.29, 1.82) is 0 Å². The van der Waals surface area contributed by atoms with E-state index in [4.69, 9.17) is 27.9 Å². The molecule has 0 saturated carbocycles. The Morgan fingerprint density at radius 2 is 1.84 bits per heavy atom. The van der Waals surface area contributed by atoms with Crippen molar-refractivity contribution in [3.8, 4) is 0 Å². The lowest BCUT2D eigenvalue weighted by atomic mass is 9.88. The van der Waals surface area contributed by atoms with E-state index in [0.717, 1.165) is 5.56 Å². The molecule has 0 saturated heterocycles. The Morgan fingerprint density at radius 3 is 2.32 bits per heavy atom. The molecular formula is C15H20Cl2O2. The predicted octanol–water partition coefficient (Wildman–Crippen LogP) is 4.70. The highest BCUT2D eigenvalue weighted by Gasteiger charge is 2.35. The number of hydrogen-bond acceptors (Lipinski definition) is 2. The number of halogens is 2. The molecule has 1 aromatic rings. The fourth-order valence-electron chi connectivity index (χ4n) is 2.20. The number of ether oxygens (including phenoxy) is 1. The highest BCUT2D eigenvalue weighted by atomic mass is 35.5. The fraction of sp³-hybridized carbons (Fsp3) is 0.533. The van der Waals surface area contributed by atoms with Crippen LogP contribution in [-0.2, 0) is 16.0 Å². The van der Waals surface area contributed by atoms with Crippen LogP contribution >= 0.6 is 23.2 Å². The quantitative estimate of drug-likeness (QED) is 0.730. The largest absolute Gasteiger partial charge is 0.368 e. The molecule has 0 amide bonds. The third-order valence-corrected chi connectivity index (χ3v) is 4.02. The summed E-state index contributed by atoms with van der Waals surface area (Å²) >= 11 is 12.0. The zero-order valence-electron chi connectivity index (χ0n) is 11.6. The normalized spacial score (nSPS) is 11.6. The first kappa shape index (κ1) is 16.5. The summed E-state index contributed by atoms with van der Waals surface area (Å²) in [6.07, 6.45) is 1.61. The maximum absolute atomic E-state index is 12.5. The van der Waals surface area contributed by atoms with Crippen molar-refractivity contribution in [2.45, 2.75) is 45.6 Å². The maximum atomic E-state index is 12.5. The van der Waals surface area contributed by atoms with E-state index in [1.165, 1.54) is 0 Å². The summed E-state index contributed by atoms with van der Waals surface area (Å²) in [6.45, 7) is 6.38. The minimum absolute atomic E-state index is 0.0728. The third-order valence-electron chi connectivity index (χ3n) is 3.44. The molecule has 19 heavy (non-hydrogen) atoms.